The van der Waals surface area contributed by atoms with Crippen molar-refractivity contribution in [3.63, 3.8) is 0 Å². The number of ether oxygens (including phenoxy) is 2. The van der Waals surface area contributed by atoms with Gasteiger partial charge in [-0.25, -0.2) is 9.97 Å². The van der Waals surface area contributed by atoms with Gasteiger partial charge < -0.3 is 14.8 Å². The topological polar surface area (TPSA) is 82.0 Å². The maximum atomic E-state index is 5.30. The van der Waals surface area contributed by atoms with E-state index in [1.807, 2.05) is 42.5 Å². The maximum Gasteiger partial charge on any atom is 0.180 e. The monoisotopic (exact) mass is 359 g/mol. The highest BCUT2D eigenvalue weighted by atomic mass is 16.5. The van der Waals surface area contributed by atoms with Crippen LogP contribution >= 0.6 is 0 Å². The number of rotatable bonds is 5. The molecule has 0 amide bonds. The average Bonchev–Trinajstić information content (AvgIpc) is 2.73. The number of benzene rings is 1. The molecule has 4 rings (SSSR count). The van der Waals surface area contributed by atoms with Crippen LogP contribution in [0.4, 0.5) is 11.5 Å². The molecule has 0 radical (unpaired) electrons. The number of hydrogen-bond donors (Lipinski definition) is 1. The van der Waals surface area contributed by atoms with E-state index in [2.05, 4.69) is 25.3 Å². The van der Waals surface area contributed by atoms with Crippen LogP contribution < -0.4 is 14.8 Å². The number of nitrogens with one attached hydrogen (secondary N) is 1. The van der Waals surface area contributed by atoms with Crippen molar-refractivity contribution in [2.24, 2.45) is 0 Å². The summed E-state index contributed by atoms with van der Waals surface area (Å²) in [6.07, 6.45) is 5.19. The lowest BCUT2D eigenvalue weighted by Gasteiger charge is -2.10. The number of nitrogens with zero attached hydrogens (tertiary/aromatic N) is 4. The van der Waals surface area contributed by atoms with E-state index in [1.54, 1.807) is 32.8 Å². The molecule has 1 N–H and O–H groups in total. The van der Waals surface area contributed by atoms with Gasteiger partial charge in [0.05, 0.1) is 26.1 Å². The second-order valence-corrected chi connectivity index (χ2v) is 5.76. The Kier molecular flexibility index (Phi) is 4.49. The summed E-state index contributed by atoms with van der Waals surface area (Å²) in [5.41, 5.74) is 3.77. The largest absolute Gasteiger partial charge is 0.497 e. The zero-order valence-electron chi connectivity index (χ0n) is 14.9. The molecule has 0 unspecified atom stereocenters. The van der Waals surface area contributed by atoms with E-state index in [0.717, 1.165) is 22.5 Å². The van der Waals surface area contributed by atoms with Crippen LogP contribution in [0.25, 0.3) is 22.4 Å². The van der Waals surface area contributed by atoms with Crippen molar-refractivity contribution in [2.45, 2.75) is 0 Å². The number of fused-ring (bicyclic) bond motifs is 1. The molecule has 7 nitrogen and oxygen atoms in total. The summed E-state index contributed by atoms with van der Waals surface area (Å²) < 4.78 is 10.6. The zero-order valence-corrected chi connectivity index (χ0v) is 14.9. The smallest absolute Gasteiger partial charge is 0.180 e. The van der Waals surface area contributed by atoms with Gasteiger partial charge in [-0.1, -0.05) is 0 Å². The molecule has 0 saturated heterocycles. The Hall–Kier alpha value is -3.74. The van der Waals surface area contributed by atoms with E-state index in [-0.39, 0.29) is 0 Å². The standard InChI is InChI=1S/C20H17N5O2/c1-26-15-9-14(10-16(11-15)27-2)23-19-4-3-17-20(25-19)24-18(12-22-17)13-5-7-21-8-6-13/h3-12H,1-2H3,(H,23,24,25). The van der Waals surface area contributed by atoms with Crippen molar-refractivity contribution in [1.29, 1.82) is 0 Å². The minimum Gasteiger partial charge on any atom is -0.497 e. The van der Waals surface area contributed by atoms with Crippen molar-refractivity contribution in [2.75, 3.05) is 19.5 Å². The van der Waals surface area contributed by atoms with Crippen molar-refractivity contribution < 1.29 is 9.47 Å². The highest BCUT2D eigenvalue weighted by molar-refractivity contribution is 5.76. The first-order chi connectivity index (χ1) is 13.2. The first-order valence-corrected chi connectivity index (χ1v) is 8.29. The summed E-state index contributed by atoms with van der Waals surface area (Å²) >= 11 is 0. The molecular weight excluding hydrogens is 342 g/mol. The fraction of sp³-hybridized carbons (Fsp3) is 0.100. The molecule has 0 fully saturated rings. The summed E-state index contributed by atoms with van der Waals surface area (Å²) in [6, 6.07) is 13.1. The van der Waals surface area contributed by atoms with Gasteiger partial charge in [0, 0.05) is 41.8 Å². The summed E-state index contributed by atoms with van der Waals surface area (Å²) in [5.74, 6) is 2.04. The molecule has 0 atom stereocenters. The average molecular weight is 359 g/mol. The van der Waals surface area contributed by atoms with Crippen LogP contribution in [0.15, 0.2) is 61.1 Å². The summed E-state index contributed by atoms with van der Waals surface area (Å²) in [4.78, 5) is 17.7. The molecule has 7 heteroatoms. The molecule has 0 aliphatic rings. The summed E-state index contributed by atoms with van der Waals surface area (Å²) in [6.45, 7) is 0. The molecule has 0 saturated carbocycles. The van der Waals surface area contributed by atoms with Crippen LogP contribution in [0.1, 0.15) is 0 Å². The first-order valence-electron chi connectivity index (χ1n) is 8.29. The predicted octanol–water partition coefficient (Wildman–Crippen LogP) is 3.85. The minimum absolute atomic E-state index is 0.559. The van der Waals surface area contributed by atoms with Crippen LogP contribution in [0.5, 0.6) is 11.5 Å². The second-order valence-electron chi connectivity index (χ2n) is 5.76. The van der Waals surface area contributed by atoms with Gasteiger partial charge in [-0.3, -0.25) is 9.97 Å². The van der Waals surface area contributed by atoms with Crippen molar-refractivity contribution in [3.05, 3.63) is 61.1 Å². The van der Waals surface area contributed by atoms with E-state index in [0.29, 0.717) is 23.0 Å². The molecule has 0 aliphatic carbocycles. The quantitative estimate of drug-likeness (QED) is 0.579. The van der Waals surface area contributed by atoms with Gasteiger partial charge in [-0.15, -0.1) is 0 Å². The molecule has 4 aromatic rings. The van der Waals surface area contributed by atoms with Crippen molar-refractivity contribution >= 4 is 22.7 Å². The van der Waals surface area contributed by atoms with Crippen LogP contribution in [-0.2, 0) is 0 Å². The number of pyridine rings is 2. The van der Waals surface area contributed by atoms with E-state index in [9.17, 15) is 0 Å². The van der Waals surface area contributed by atoms with Gasteiger partial charge in [-0.2, -0.15) is 0 Å². The highest BCUT2D eigenvalue weighted by Gasteiger charge is 2.07. The fourth-order valence-corrected chi connectivity index (χ4v) is 2.66. The Morgan fingerprint density at radius 1 is 0.852 bits per heavy atom. The van der Waals surface area contributed by atoms with Crippen molar-refractivity contribution in [1.82, 2.24) is 19.9 Å². The van der Waals surface area contributed by atoms with E-state index < -0.39 is 0 Å². The summed E-state index contributed by atoms with van der Waals surface area (Å²) in [5, 5.41) is 3.26. The van der Waals surface area contributed by atoms with Gasteiger partial charge >= 0.3 is 0 Å². The molecular formula is C20H17N5O2. The van der Waals surface area contributed by atoms with Crippen molar-refractivity contribution in [3.8, 4) is 22.8 Å². The molecule has 0 aliphatic heterocycles. The number of methoxy groups -OCH3 is 2. The fourth-order valence-electron chi connectivity index (χ4n) is 2.66. The van der Waals surface area contributed by atoms with Gasteiger partial charge in [0.25, 0.3) is 0 Å². The Labute approximate surface area is 156 Å². The highest BCUT2D eigenvalue weighted by Crippen LogP contribution is 2.28. The lowest BCUT2D eigenvalue weighted by atomic mass is 10.2. The van der Waals surface area contributed by atoms with E-state index in [4.69, 9.17) is 9.47 Å². The van der Waals surface area contributed by atoms with Crippen LogP contribution in [0.3, 0.4) is 0 Å². The van der Waals surface area contributed by atoms with E-state index in [1.165, 1.54) is 0 Å². The third-order valence-electron chi connectivity index (χ3n) is 4.01. The Balaban J connectivity index is 1.69. The zero-order chi connectivity index (χ0) is 18.6. The molecule has 27 heavy (non-hydrogen) atoms. The third kappa shape index (κ3) is 3.62. The molecule has 0 bridgehead atoms. The first kappa shape index (κ1) is 16.7. The Morgan fingerprint density at radius 3 is 2.30 bits per heavy atom. The lowest BCUT2D eigenvalue weighted by Crippen LogP contribution is -1.98. The van der Waals surface area contributed by atoms with Gasteiger partial charge in [0.15, 0.2) is 5.65 Å². The van der Waals surface area contributed by atoms with Gasteiger partial charge in [-0.05, 0) is 24.3 Å². The summed E-state index contributed by atoms with van der Waals surface area (Å²) in [7, 11) is 3.23. The van der Waals surface area contributed by atoms with Crippen LogP contribution in [0, 0.1) is 0 Å². The molecule has 1 aromatic carbocycles. The van der Waals surface area contributed by atoms with E-state index >= 15 is 0 Å². The predicted molar refractivity (Wildman–Crippen MR) is 103 cm³/mol. The number of anilines is 2. The van der Waals surface area contributed by atoms with Gasteiger partial charge in [0.1, 0.15) is 22.8 Å². The second kappa shape index (κ2) is 7.25. The molecule has 0 spiro atoms. The third-order valence-corrected chi connectivity index (χ3v) is 4.01. The van der Waals surface area contributed by atoms with Crippen LogP contribution in [0.2, 0.25) is 0 Å². The molecule has 3 heterocycles. The number of aromatic nitrogens is 4. The molecule has 3 aromatic heterocycles. The Morgan fingerprint density at radius 2 is 1.59 bits per heavy atom. The van der Waals surface area contributed by atoms with Gasteiger partial charge in [0.2, 0.25) is 0 Å². The molecule has 134 valence electrons. The minimum atomic E-state index is 0.559. The maximum absolute atomic E-state index is 5.30. The Bertz CT molecular complexity index is 1060. The van der Waals surface area contributed by atoms with Crippen LogP contribution in [-0.4, -0.2) is 34.2 Å². The SMILES string of the molecule is COc1cc(Nc2ccc3ncc(-c4ccncc4)nc3n2)cc(OC)c1. The lowest BCUT2D eigenvalue weighted by molar-refractivity contribution is 0.395. The number of hydrogen-bond acceptors (Lipinski definition) is 7. The normalized spacial score (nSPS) is 10.6.